The number of fused-ring (bicyclic) bond motifs is 1. The molecule has 2 aromatic rings. The van der Waals surface area contributed by atoms with Crippen LogP contribution < -0.4 is 10.6 Å². The topological polar surface area (TPSA) is 87.9 Å². The number of guanidine groups is 1. The first-order valence-corrected chi connectivity index (χ1v) is 9.93. The van der Waals surface area contributed by atoms with Crippen LogP contribution in [0.1, 0.15) is 24.7 Å². The molecule has 1 unspecified atom stereocenters. The average molecular weight is 351 g/mol. The number of hydrogen-bond donors (Lipinski definition) is 2. The molecule has 1 atom stereocenters. The van der Waals surface area contributed by atoms with E-state index >= 15 is 0 Å². The first-order chi connectivity index (χ1) is 11.3. The van der Waals surface area contributed by atoms with Crippen LogP contribution in [0.15, 0.2) is 29.4 Å². The van der Waals surface area contributed by atoms with Gasteiger partial charge in [0.15, 0.2) is 5.96 Å². The average Bonchev–Trinajstić information content (AvgIpc) is 2.93. The second-order valence-corrected chi connectivity index (χ2v) is 8.28. The summed E-state index contributed by atoms with van der Waals surface area (Å²) < 4.78 is 24.5. The van der Waals surface area contributed by atoms with Gasteiger partial charge in [-0.05, 0) is 32.4 Å². The summed E-state index contributed by atoms with van der Waals surface area (Å²) in [6, 6.07) is 6.00. The van der Waals surface area contributed by atoms with Crippen molar-refractivity contribution in [1.82, 2.24) is 20.0 Å². The second-order valence-electron chi connectivity index (χ2n) is 6.02. The molecule has 132 valence electrons. The van der Waals surface area contributed by atoms with Gasteiger partial charge in [-0.15, -0.1) is 0 Å². The van der Waals surface area contributed by atoms with E-state index in [1.807, 2.05) is 42.6 Å². The van der Waals surface area contributed by atoms with Crippen LogP contribution in [0.4, 0.5) is 0 Å². The Hall–Kier alpha value is -2.09. The summed E-state index contributed by atoms with van der Waals surface area (Å²) in [6.45, 7) is 4.52. The zero-order valence-electron chi connectivity index (χ0n) is 14.6. The molecule has 0 fully saturated rings. The lowest BCUT2D eigenvalue weighted by molar-refractivity contribution is 0.581. The fraction of sp³-hybridized carbons (Fsp3) is 0.500. The first-order valence-electron chi connectivity index (χ1n) is 7.87. The molecule has 0 aromatic carbocycles. The fourth-order valence-corrected chi connectivity index (χ4v) is 3.13. The number of sulfone groups is 1. The van der Waals surface area contributed by atoms with Crippen LogP contribution in [0.2, 0.25) is 0 Å². The van der Waals surface area contributed by atoms with Crippen LogP contribution in [-0.2, 0) is 16.4 Å². The minimum Gasteiger partial charge on any atom is -0.354 e. The molecule has 0 aliphatic carbocycles. The Labute approximate surface area is 143 Å². The third-order valence-corrected chi connectivity index (χ3v) is 4.69. The van der Waals surface area contributed by atoms with E-state index in [4.69, 9.17) is 0 Å². The number of imidazole rings is 1. The molecule has 24 heavy (non-hydrogen) atoms. The van der Waals surface area contributed by atoms with Gasteiger partial charge < -0.3 is 15.0 Å². The van der Waals surface area contributed by atoms with E-state index in [0.29, 0.717) is 18.9 Å². The predicted molar refractivity (Wildman–Crippen MR) is 97.1 cm³/mol. The minimum atomic E-state index is -2.95. The van der Waals surface area contributed by atoms with Gasteiger partial charge in [-0.3, -0.25) is 4.99 Å². The Morgan fingerprint density at radius 1 is 1.42 bits per heavy atom. The van der Waals surface area contributed by atoms with E-state index in [-0.39, 0.29) is 11.8 Å². The van der Waals surface area contributed by atoms with Crippen molar-refractivity contribution >= 4 is 21.4 Å². The maximum absolute atomic E-state index is 11.2. The smallest absolute Gasteiger partial charge is 0.191 e. The van der Waals surface area contributed by atoms with E-state index in [2.05, 4.69) is 20.6 Å². The summed E-state index contributed by atoms with van der Waals surface area (Å²) in [6.07, 6.45) is 3.78. The Bertz CT molecular complexity index is 826. The van der Waals surface area contributed by atoms with E-state index in [1.165, 1.54) is 6.26 Å². The van der Waals surface area contributed by atoms with Crippen LogP contribution in [0.5, 0.6) is 0 Å². The van der Waals surface area contributed by atoms with Crippen molar-refractivity contribution in [3.05, 3.63) is 35.8 Å². The van der Waals surface area contributed by atoms with Gasteiger partial charge in [0.25, 0.3) is 0 Å². The molecule has 2 N–H and O–H groups in total. The van der Waals surface area contributed by atoms with Gasteiger partial charge in [0.1, 0.15) is 15.5 Å². The molecule has 0 radical (unpaired) electrons. The lowest BCUT2D eigenvalue weighted by Gasteiger charge is -2.17. The molecule has 0 aliphatic rings. The van der Waals surface area contributed by atoms with Gasteiger partial charge in [-0.2, -0.15) is 0 Å². The largest absolute Gasteiger partial charge is 0.354 e. The number of nitrogens with zero attached hydrogens (tertiary/aromatic N) is 3. The van der Waals surface area contributed by atoms with Crippen LogP contribution in [0, 0.1) is 6.92 Å². The Morgan fingerprint density at radius 2 is 2.17 bits per heavy atom. The summed E-state index contributed by atoms with van der Waals surface area (Å²) in [7, 11) is -1.26. The molecule has 2 aromatic heterocycles. The zero-order chi connectivity index (χ0) is 17.7. The Balaban J connectivity index is 1.92. The van der Waals surface area contributed by atoms with Crippen molar-refractivity contribution in [1.29, 1.82) is 0 Å². The van der Waals surface area contributed by atoms with Crippen molar-refractivity contribution in [2.45, 2.75) is 32.9 Å². The maximum atomic E-state index is 11.2. The molecule has 2 heterocycles. The summed E-state index contributed by atoms with van der Waals surface area (Å²) >= 11 is 0. The molecular weight excluding hydrogens is 326 g/mol. The second kappa shape index (κ2) is 7.65. The number of aromatic nitrogens is 2. The highest BCUT2D eigenvalue weighted by Gasteiger charge is 2.10. The van der Waals surface area contributed by atoms with Crippen molar-refractivity contribution in [3.63, 3.8) is 0 Å². The summed E-state index contributed by atoms with van der Waals surface area (Å²) in [5.74, 6) is 0.786. The molecule has 7 nitrogen and oxygen atoms in total. The molecule has 0 saturated heterocycles. The van der Waals surface area contributed by atoms with E-state index in [9.17, 15) is 8.42 Å². The highest BCUT2D eigenvalue weighted by Crippen LogP contribution is 2.08. The maximum Gasteiger partial charge on any atom is 0.191 e. The SMILES string of the molecule is CN=C(NCc1cn2c(C)cccc2n1)NC(C)CCS(C)(=O)=O. The standard InChI is InChI=1S/C16H25N5O2S/c1-12(8-9-24(4,22)23)19-16(17-3)18-10-14-11-21-13(2)6-5-7-15(21)20-14/h5-7,11-12H,8-10H2,1-4H3,(H2,17,18,19). The lowest BCUT2D eigenvalue weighted by atomic mass is 10.3. The van der Waals surface area contributed by atoms with E-state index in [0.717, 1.165) is 17.0 Å². The zero-order valence-corrected chi connectivity index (χ0v) is 15.4. The van der Waals surface area contributed by atoms with Crippen LogP contribution >= 0.6 is 0 Å². The van der Waals surface area contributed by atoms with Crippen molar-refractivity contribution in [3.8, 4) is 0 Å². The number of aryl methyl sites for hydroxylation is 1. The number of aliphatic imine (C=N–C) groups is 1. The third kappa shape index (κ3) is 5.23. The predicted octanol–water partition coefficient (Wildman–Crippen LogP) is 1.13. The highest BCUT2D eigenvalue weighted by molar-refractivity contribution is 7.90. The van der Waals surface area contributed by atoms with Gasteiger partial charge in [0, 0.05) is 31.2 Å². The summed E-state index contributed by atoms with van der Waals surface area (Å²) in [5.41, 5.74) is 2.95. The normalized spacial score (nSPS) is 13.9. The molecule has 0 saturated carbocycles. The Kier molecular flexibility index (Phi) is 5.82. The number of rotatable bonds is 6. The monoisotopic (exact) mass is 351 g/mol. The van der Waals surface area contributed by atoms with Crippen LogP contribution in [-0.4, -0.2) is 48.9 Å². The van der Waals surface area contributed by atoms with Crippen LogP contribution in [0.3, 0.4) is 0 Å². The molecule has 0 bridgehead atoms. The number of pyridine rings is 1. The fourth-order valence-electron chi connectivity index (χ4n) is 2.35. The van der Waals surface area contributed by atoms with Crippen molar-refractivity contribution in [2.75, 3.05) is 19.1 Å². The van der Waals surface area contributed by atoms with Crippen molar-refractivity contribution in [2.24, 2.45) is 4.99 Å². The minimum absolute atomic E-state index is 0.00855. The molecule has 0 aliphatic heterocycles. The lowest BCUT2D eigenvalue weighted by Crippen LogP contribution is -2.42. The number of nitrogens with one attached hydrogen (secondary N) is 2. The summed E-state index contributed by atoms with van der Waals surface area (Å²) in [4.78, 5) is 8.74. The highest BCUT2D eigenvalue weighted by atomic mass is 32.2. The molecular formula is C16H25N5O2S. The van der Waals surface area contributed by atoms with E-state index < -0.39 is 9.84 Å². The molecule has 2 rings (SSSR count). The molecule has 8 heteroatoms. The van der Waals surface area contributed by atoms with Gasteiger partial charge in [-0.25, -0.2) is 13.4 Å². The van der Waals surface area contributed by atoms with Gasteiger partial charge >= 0.3 is 0 Å². The number of hydrogen-bond acceptors (Lipinski definition) is 4. The van der Waals surface area contributed by atoms with Gasteiger partial charge in [0.05, 0.1) is 18.0 Å². The van der Waals surface area contributed by atoms with Crippen molar-refractivity contribution < 1.29 is 8.42 Å². The third-order valence-electron chi connectivity index (χ3n) is 3.71. The van der Waals surface area contributed by atoms with Crippen LogP contribution in [0.25, 0.3) is 5.65 Å². The summed E-state index contributed by atoms with van der Waals surface area (Å²) in [5, 5.41) is 6.40. The molecule has 0 amide bonds. The quantitative estimate of drug-likeness (QED) is 0.602. The first kappa shape index (κ1) is 18.3. The van der Waals surface area contributed by atoms with E-state index in [1.54, 1.807) is 7.05 Å². The van der Waals surface area contributed by atoms with Gasteiger partial charge in [-0.1, -0.05) is 6.07 Å². The Morgan fingerprint density at radius 3 is 2.79 bits per heavy atom. The van der Waals surface area contributed by atoms with Gasteiger partial charge in [0.2, 0.25) is 0 Å². The molecule has 0 spiro atoms.